The van der Waals surface area contributed by atoms with Gasteiger partial charge in [-0.3, -0.25) is 4.98 Å². The smallest absolute Gasteiger partial charge is 0.297 e. The van der Waals surface area contributed by atoms with Crippen molar-refractivity contribution < 1.29 is 4.74 Å². The maximum atomic E-state index is 4.80. The molecule has 1 heterocycles. The first-order valence-electron chi connectivity index (χ1n) is 2.71. The fraction of sp³-hybridized carbons (Fsp3) is 0.400. The molecule has 1 rings (SSSR count). The Hall–Kier alpha value is -0.970. The van der Waals surface area contributed by atoms with E-state index in [0.29, 0.717) is 16.6 Å². The van der Waals surface area contributed by atoms with Crippen molar-refractivity contribution in [2.75, 3.05) is 7.11 Å². The van der Waals surface area contributed by atoms with Crippen LogP contribution in [-0.4, -0.2) is 22.1 Å². The lowest BCUT2D eigenvalue weighted by Gasteiger charge is -1.97. The Morgan fingerprint density at radius 1 is 1.50 bits per heavy atom. The second-order valence-corrected chi connectivity index (χ2v) is 2.09. The quantitative estimate of drug-likeness (QED) is 0.614. The predicted octanol–water partition coefficient (Wildman–Crippen LogP) is 0.851. The zero-order chi connectivity index (χ0) is 7.56. The Morgan fingerprint density at radius 3 is 2.70 bits per heavy atom. The van der Waals surface area contributed by atoms with Crippen LogP contribution >= 0.6 is 12.2 Å². The Kier molecular flexibility index (Phi) is 1.96. The highest BCUT2D eigenvalue weighted by Crippen LogP contribution is 1.97. The molecule has 10 heavy (non-hydrogen) atoms. The molecular weight excluding hydrogens is 150 g/mol. The molecule has 0 aromatic carbocycles. The summed E-state index contributed by atoms with van der Waals surface area (Å²) in [7, 11) is 1.52. The van der Waals surface area contributed by atoms with E-state index in [-0.39, 0.29) is 0 Å². The highest BCUT2D eigenvalue weighted by atomic mass is 32.1. The lowest BCUT2D eigenvalue weighted by Crippen LogP contribution is -1.96. The molecule has 1 aromatic rings. The van der Waals surface area contributed by atoms with Crippen molar-refractivity contribution in [3.63, 3.8) is 0 Å². The van der Waals surface area contributed by atoms with Crippen molar-refractivity contribution in [1.82, 2.24) is 15.0 Å². The molecule has 0 saturated heterocycles. The van der Waals surface area contributed by atoms with E-state index >= 15 is 0 Å². The summed E-state index contributed by atoms with van der Waals surface area (Å²) in [6, 6.07) is 0.400. The fourth-order valence-electron chi connectivity index (χ4n) is 0.563. The molecule has 0 spiro atoms. The number of aromatic amines is 1. The van der Waals surface area contributed by atoms with Crippen molar-refractivity contribution in [3.8, 4) is 6.01 Å². The van der Waals surface area contributed by atoms with Crippen LogP contribution in [0, 0.1) is 11.7 Å². The maximum absolute atomic E-state index is 4.80. The number of aromatic nitrogens is 3. The summed E-state index contributed by atoms with van der Waals surface area (Å²) in [4.78, 5) is 10.4. The minimum absolute atomic E-state index is 0.299. The van der Waals surface area contributed by atoms with Crippen LogP contribution in [0.15, 0.2) is 0 Å². The zero-order valence-electron chi connectivity index (χ0n) is 5.71. The fourth-order valence-corrected chi connectivity index (χ4v) is 0.783. The number of methoxy groups -OCH3 is 1. The third kappa shape index (κ3) is 1.51. The lowest BCUT2D eigenvalue weighted by atomic mass is 10.7. The number of hydrogen-bond donors (Lipinski definition) is 1. The molecule has 0 atom stereocenters. The molecule has 0 aliphatic carbocycles. The molecule has 1 aromatic heterocycles. The molecule has 0 saturated carbocycles. The van der Waals surface area contributed by atoms with Gasteiger partial charge >= 0.3 is 0 Å². The van der Waals surface area contributed by atoms with Gasteiger partial charge in [0, 0.05) is 0 Å². The van der Waals surface area contributed by atoms with Crippen LogP contribution in [0.4, 0.5) is 0 Å². The third-order valence-electron chi connectivity index (χ3n) is 0.942. The van der Waals surface area contributed by atoms with Gasteiger partial charge in [0.05, 0.1) is 7.11 Å². The number of H-pyrrole nitrogens is 1. The third-order valence-corrected chi connectivity index (χ3v) is 1.12. The SMILES string of the molecule is COc1nc(=S)nc(C)[nH]1. The molecule has 0 aliphatic rings. The highest BCUT2D eigenvalue weighted by molar-refractivity contribution is 7.71. The standard InChI is InChI=1S/C5H7N3OS/c1-3-6-4(9-2)8-5(10)7-3/h1-2H3,(H,6,7,8,10). The van der Waals surface area contributed by atoms with Crippen molar-refractivity contribution in [3.05, 3.63) is 10.6 Å². The summed E-state index contributed by atoms with van der Waals surface area (Å²) in [5.41, 5.74) is 0. The van der Waals surface area contributed by atoms with E-state index in [9.17, 15) is 0 Å². The summed E-state index contributed by atoms with van der Waals surface area (Å²) in [6.07, 6.45) is 0. The summed E-state index contributed by atoms with van der Waals surface area (Å²) in [6.45, 7) is 1.79. The number of aryl methyl sites for hydroxylation is 1. The van der Waals surface area contributed by atoms with Crippen molar-refractivity contribution in [1.29, 1.82) is 0 Å². The Bertz CT molecular complexity index is 282. The van der Waals surface area contributed by atoms with Crippen molar-refractivity contribution in [2.24, 2.45) is 0 Å². The Labute approximate surface area is 63.3 Å². The van der Waals surface area contributed by atoms with Gasteiger partial charge in [0.1, 0.15) is 5.82 Å². The molecule has 0 fully saturated rings. The lowest BCUT2D eigenvalue weighted by molar-refractivity contribution is 0.375. The molecule has 1 N–H and O–H groups in total. The summed E-state index contributed by atoms with van der Waals surface area (Å²) in [5.74, 6) is 0.705. The largest absolute Gasteiger partial charge is 0.468 e. The molecule has 0 bridgehead atoms. The highest BCUT2D eigenvalue weighted by Gasteiger charge is 1.92. The van der Waals surface area contributed by atoms with Gasteiger partial charge in [0.25, 0.3) is 6.01 Å². The van der Waals surface area contributed by atoms with Gasteiger partial charge in [-0.15, -0.1) is 0 Å². The number of nitrogens with zero attached hydrogens (tertiary/aromatic N) is 2. The van der Waals surface area contributed by atoms with Gasteiger partial charge in [0.15, 0.2) is 0 Å². The van der Waals surface area contributed by atoms with Gasteiger partial charge < -0.3 is 4.74 Å². The van der Waals surface area contributed by atoms with Gasteiger partial charge in [-0.1, -0.05) is 0 Å². The normalized spacial score (nSPS) is 9.40. The van der Waals surface area contributed by atoms with E-state index in [1.807, 2.05) is 0 Å². The maximum Gasteiger partial charge on any atom is 0.297 e. The topological polar surface area (TPSA) is 50.8 Å². The molecule has 5 heteroatoms. The van der Waals surface area contributed by atoms with Gasteiger partial charge in [-0.25, -0.2) is 4.98 Å². The van der Waals surface area contributed by atoms with Crippen LogP contribution in [0.25, 0.3) is 0 Å². The van der Waals surface area contributed by atoms with Gasteiger partial charge in [-0.2, -0.15) is 4.98 Å². The van der Waals surface area contributed by atoms with E-state index in [1.165, 1.54) is 7.11 Å². The van der Waals surface area contributed by atoms with Crippen LogP contribution in [0.1, 0.15) is 5.82 Å². The molecular formula is C5H7N3OS. The minimum Gasteiger partial charge on any atom is -0.468 e. The summed E-state index contributed by atoms with van der Waals surface area (Å²) >= 11 is 4.73. The zero-order valence-corrected chi connectivity index (χ0v) is 6.53. The second kappa shape index (κ2) is 2.74. The van der Waals surface area contributed by atoms with E-state index in [1.54, 1.807) is 6.92 Å². The van der Waals surface area contributed by atoms with Gasteiger partial charge in [0.2, 0.25) is 4.77 Å². The van der Waals surface area contributed by atoms with Crippen molar-refractivity contribution >= 4 is 12.2 Å². The molecule has 0 aliphatic heterocycles. The second-order valence-electron chi connectivity index (χ2n) is 1.73. The average molecular weight is 157 g/mol. The number of ether oxygens (including phenoxy) is 1. The van der Waals surface area contributed by atoms with E-state index in [4.69, 9.17) is 17.0 Å². The summed E-state index contributed by atoms with van der Waals surface area (Å²) < 4.78 is 5.10. The first-order chi connectivity index (χ1) is 4.72. The average Bonchev–Trinajstić information content (AvgIpc) is 1.85. The van der Waals surface area contributed by atoms with Crippen LogP contribution in [0.3, 0.4) is 0 Å². The van der Waals surface area contributed by atoms with Crippen LogP contribution < -0.4 is 4.74 Å². The molecule has 0 amide bonds. The van der Waals surface area contributed by atoms with Crippen LogP contribution in [-0.2, 0) is 0 Å². The van der Waals surface area contributed by atoms with E-state index < -0.39 is 0 Å². The van der Waals surface area contributed by atoms with E-state index in [2.05, 4.69) is 15.0 Å². The molecule has 4 nitrogen and oxygen atoms in total. The molecule has 54 valence electrons. The molecule has 0 radical (unpaired) electrons. The summed E-state index contributed by atoms with van der Waals surface area (Å²) in [5, 5.41) is 0. The first kappa shape index (κ1) is 7.14. The van der Waals surface area contributed by atoms with Crippen LogP contribution in [0.2, 0.25) is 0 Å². The first-order valence-corrected chi connectivity index (χ1v) is 3.12. The Morgan fingerprint density at radius 2 is 2.20 bits per heavy atom. The minimum atomic E-state index is 0.299. The monoisotopic (exact) mass is 157 g/mol. The van der Waals surface area contributed by atoms with Gasteiger partial charge in [-0.05, 0) is 19.1 Å². The predicted molar refractivity (Wildman–Crippen MR) is 38.5 cm³/mol. The number of rotatable bonds is 1. The number of nitrogens with one attached hydrogen (secondary N) is 1. The van der Waals surface area contributed by atoms with Crippen LogP contribution in [0.5, 0.6) is 6.01 Å². The number of hydrogen-bond acceptors (Lipinski definition) is 4. The molecule has 0 unspecified atom stereocenters. The Balaban J connectivity index is 3.19. The van der Waals surface area contributed by atoms with E-state index in [0.717, 1.165) is 0 Å². The van der Waals surface area contributed by atoms with Crippen molar-refractivity contribution in [2.45, 2.75) is 6.92 Å².